The molecule has 23 heavy (non-hydrogen) atoms. The lowest BCUT2D eigenvalue weighted by molar-refractivity contribution is 0.0676. The maximum absolute atomic E-state index is 4.43. The van der Waals surface area contributed by atoms with Gasteiger partial charge in [-0.3, -0.25) is 9.80 Å². The van der Waals surface area contributed by atoms with Gasteiger partial charge >= 0.3 is 0 Å². The van der Waals surface area contributed by atoms with Gasteiger partial charge in [-0.2, -0.15) is 5.10 Å². The molecule has 0 atom stereocenters. The number of anilines is 1. The third-order valence-electron chi connectivity index (χ3n) is 5.20. The Morgan fingerprint density at radius 1 is 1.00 bits per heavy atom. The van der Waals surface area contributed by atoms with Crippen LogP contribution in [0, 0.1) is 0 Å². The van der Waals surface area contributed by atoms with Crippen molar-refractivity contribution in [3.63, 3.8) is 0 Å². The molecule has 0 aliphatic carbocycles. The molecule has 0 unspecified atom stereocenters. The quantitative estimate of drug-likeness (QED) is 0.852. The molecule has 2 fully saturated rings. The second-order valence-electron chi connectivity index (χ2n) is 8.25. The Kier molecular flexibility index (Phi) is 4.61. The van der Waals surface area contributed by atoms with Gasteiger partial charge in [-0.1, -0.05) is 20.8 Å². The summed E-state index contributed by atoms with van der Waals surface area (Å²) in [6.45, 7) is 18.1. The smallest absolute Gasteiger partial charge is 0.151 e. The second-order valence-corrected chi connectivity index (χ2v) is 8.25. The van der Waals surface area contributed by atoms with Crippen LogP contribution in [0.3, 0.4) is 0 Å². The maximum atomic E-state index is 4.43. The molecule has 2 saturated heterocycles. The molecule has 0 spiro atoms. The lowest BCUT2D eigenvalue weighted by atomic mass is 9.92. The Morgan fingerprint density at radius 3 is 2.13 bits per heavy atom. The molecule has 0 saturated carbocycles. The number of hydrogen-bond acceptors (Lipinski definition) is 5. The van der Waals surface area contributed by atoms with Gasteiger partial charge in [0.1, 0.15) is 0 Å². The average molecular weight is 317 g/mol. The summed E-state index contributed by atoms with van der Waals surface area (Å²) in [6.07, 6.45) is 0. The minimum atomic E-state index is 0.0686. The van der Waals surface area contributed by atoms with Crippen molar-refractivity contribution in [3.05, 3.63) is 17.8 Å². The van der Waals surface area contributed by atoms with E-state index < -0.39 is 0 Å². The second kappa shape index (κ2) is 6.36. The molecule has 5 nitrogen and oxygen atoms in total. The third-order valence-corrected chi connectivity index (χ3v) is 5.20. The van der Waals surface area contributed by atoms with Crippen molar-refractivity contribution >= 4 is 5.82 Å². The van der Waals surface area contributed by atoms with E-state index in [2.05, 4.69) is 71.6 Å². The molecule has 128 valence electrons. The molecule has 3 rings (SSSR count). The third kappa shape index (κ3) is 3.66. The van der Waals surface area contributed by atoms with Crippen molar-refractivity contribution in [1.82, 2.24) is 20.0 Å². The highest BCUT2D eigenvalue weighted by Gasteiger charge is 2.34. The Labute approximate surface area is 140 Å². The van der Waals surface area contributed by atoms with E-state index in [9.17, 15) is 0 Å². The standard InChI is InChI=1S/C18H31N5/c1-14(2)21-8-10-22(11-9-21)15-12-23(13-15)17-7-6-16(19-20-17)18(3,4)5/h6-7,14-15H,8-13H2,1-5H3. The SMILES string of the molecule is CC(C)N1CCN(C2CN(c3ccc(C(C)(C)C)nn3)C2)CC1. The van der Waals surface area contributed by atoms with E-state index in [1.54, 1.807) is 0 Å². The van der Waals surface area contributed by atoms with Gasteiger partial charge in [-0.25, -0.2) is 0 Å². The van der Waals surface area contributed by atoms with Gasteiger partial charge in [-0.05, 0) is 26.0 Å². The summed E-state index contributed by atoms with van der Waals surface area (Å²) in [5.41, 5.74) is 1.13. The van der Waals surface area contributed by atoms with Gasteiger partial charge in [0.05, 0.1) is 5.69 Å². The highest BCUT2D eigenvalue weighted by atomic mass is 15.4. The van der Waals surface area contributed by atoms with Crippen molar-refractivity contribution in [3.8, 4) is 0 Å². The molecule has 3 heterocycles. The lowest BCUT2D eigenvalue weighted by Crippen LogP contribution is -2.63. The summed E-state index contributed by atoms with van der Waals surface area (Å²) in [5, 5.41) is 8.84. The van der Waals surface area contributed by atoms with E-state index in [1.807, 2.05) is 0 Å². The van der Waals surface area contributed by atoms with Crippen LogP contribution in [0.25, 0.3) is 0 Å². The minimum absolute atomic E-state index is 0.0686. The Balaban J connectivity index is 1.50. The van der Waals surface area contributed by atoms with Crippen LogP contribution in [0.2, 0.25) is 0 Å². The zero-order chi connectivity index (χ0) is 16.6. The fourth-order valence-electron chi connectivity index (χ4n) is 3.39. The molecule has 0 amide bonds. The van der Waals surface area contributed by atoms with Crippen molar-refractivity contribution in [2.75, 3.05) is 44.2 Å². The van der Waals surface area contributed by atoms with Crippen LogP contribution in [0.1, 0.15) is 40.3 Å². The van der Waals surface area contributed by atoms with Crippen LogP contribution < -0.4 is 4.90 Å². The van der Waals surface area contributed by atoms with E-state index in [0.717, 1.165) is 24.6 Å². The van der Waals surface area contributed by atoms with Crippen LogP contribution in [0.4, 0.5) is 5.82 Å². The number of nitrogens with zero attached hydrogens (tertiary/aromatic N) is 5. The van der Waals surface area contributed by atoms with E-state index in [4.69, 9.17) is 0 Å². The van der Waals surface area contributed by atoms with E-state index >= 15 is 0 Å². The van der Waals surface area contributed by atoms with E-state index in [-0.39, 0.29) is 5.41 Å². The highest BCUT2D eigenvalue weighted by Crippen LogP contribution is 2.25. The first-order valence-electron chi connectivity index (χ1n) is 8.92. The lowest BCUT2D eigenvalue weighted by Gasteiger charge is -2.49. The van der Waals surface area contributed by atoms with Crippen LogP contribution in [0.15, 0.2) is 12.1 Å². The first kappa shape index (κ1) is 16.7. The van der Waals surface area contributed by atoms with Gasteiger partial charge in [0, 0.05) is 56.8 Å². The number of rotatable bonds is 3. The molecule has 0 aromatic carbocycles. The summed E-state index contributed by atoms with van der Waals surface area (Å²) in [5.74, 6) is 1.02. The van der Waals surface area contributed by atoms with Crippen molar-refractivity contribution in [2.24, 2.45) is 0 Å². The molecule has 5 heteroatoms. The van der Waals surface area contributed by atoms with Gasteiger partial charge in [-0.15, -0.1) is 5.10 Å². The Bertz CT molecular complexity index is 505. The van der Waals surface area contributed by atoms with Crippen LogP contribution >= 0.6 is 0 Å². The summed E-state index contributed by atoms with van der Waals surface area (Å²) in [7, 11) is 0. The number of piperazine rings is 1. The van der Waals surface area contributed by atoms with Gasteiger partial charge in [0.25, 0.3) is 0 Å². The van der Waals surface area contributed by atoms with Gasteiger partial charge in [0.15, 0.2) is 5.82 Å². The molecule has 1 aromatic rings. The summed E-state index contributed by atoms with van der Waals surface area (Å²) >= 11 is 0. The van der Waals surface area contributed by atoms with E-state index in [1.165, 1.54) is 26.2 Å². The zero-order valence-corrected chi connectivity index (χ0v) is 15.3. The molecule has 0 bridgehead atoms. The zero-order valence-electron chi connectivity index (χ0n) is 15.3. The summed E-state index contributed by atoms with van der Waals surface area (Å²) in [4.78, 5) is 7.56. The molecule has 2 aliphatic heterocycles. The number of hydrogen-bond donors (Lipinski definition) is 0. The molecule has 2 aliphatic rings. The predicted octanol–water partition coefficient (Wildman–Crippen LogP) is 1.99. The van der Waals surface area contributed by atoms with Crippen LogP contribution in [0.5, 0.6) is 0 Å². The maximum Gasteiger partial charge on any atom is 0.151 e. The average Bonchev–Trinajstić information content (AvgIpc) is 2.46. The van der Waals surface area contributed by atoms with Crippen molar-refractivity contribution in [2.45, 2.75) is 52.1 Å². The highest BCUT2D eigenvalue weighted by molar-refractivity contribution is 5.42. The topological polar surface area (TPSA) is 35.5 Å². The van der Waals surface area contributed by atoms with Crippen molar-refractivity contribution < 1.29 is 0 Å². The largest absolute Gasteiger partial charge is 0.352 e. The molecule has 1 aromatic heterocycles. The van der Waals surface area contributed by atoms with Gasteiger partial charge < -0.3 is 4.90 Å². The van der Waals surface area contributed by atoms with Crippen LogP contribution in [-0.4, -0.2) is 71.3 Å². The van der Waals surface area contributed by atoms with Crippen molar-refractivity contribution in [1.29, 1.82) is 0 Å². The Hall–Kier alpha value is -1.20. The van der Waals surface area contributed by atoms with Crippen LogP contribution in [-0.2, 0) is 5.41 Å². The molecular weight excluding hydrogens is 286 g/mol. The van der Waals surface area contributed by atoms with E-state index in [0.29, 0.717) is 12.1 Å². The number of aromatic nitrogens is 2. The fraction of sp³-hybridized carbons (Fsp3) is 0.778. The first-order valence-corrected chi connectivity index (χ1v) is 8.92. The summed E-state index contributed by atoms with van der Waals surface area (Å²) in [6, 6.07) is 5.61. The summed E-state index contributed by atoms with van der Waals surface area (Å²) < 4.78 is 0. The minimum Gasteiger partial charge on any atom is -0.352 e. The molecule has 0 N–H and O–H groups in total. The first-order chi connectivity index (χ1) is 10.8. The fourth-order valence-corrected chi connectivity index (χ4v) is 3.39. The normalized spacial score (nSPS) is 21.7. The Morgan fingerprint density at radius 2 is 1.65 bits per heavy atom. The van der Waals surface area contributed by atoms with Gasteiger partial charge in [0.2, 0.25) is 0 Å². The predicted molar refractivity (Wildman–Crippen MR) is 95.0 cm³/mol. The molecular formula is C18H31N5. The molecule has 0 radical (unpaired) electrons. The monoisotopic (exact) mass is 317 g/mol.